The van der Waals surface area contributed by atoms with Gasteiger partial charge < -0.3 is 5.73 Å². The van der Waals surface area contributed by atoms with Gasteiger partial charge in [0, 0.05) is 11.7 Å². The molecule has 3 N–H and O–H groups in total. The SMILES string of the molecule is CC(NS(=O)(=O)c1cccc(N)c1)c1ccsc1. The third-order valence-corrected chi connectivity index (χ3v) is 4.78. The Morgan fingerprint density at radius 3 is 2.72 bits per heavy atom. The highest BCUT2D eigenvalue weighted by Gasteiger charge is 2.18. The molecule has 0 saturated heterocycles. The Bertz CT molecular complexity index is 621. The molecule has 1 atom stereocenters. The molecule has 2 aromatic rings. The van der Waals surface area contributed by atoms with E-state index < -0.39 is 10.0 Å². The van der Waals surface area contributed by atoms with Crippen LogP contribution in [0, 0.1) is 0 Å². The lowest BCUT2D eigenvalue weighted by atomic mass is 10.2. The van der Waals surface area contributed by atoms with Crippen molar-refractivity contribution in [1.82, 2.24) is 4.72 Å². The van der Waals surface area contributed by atoms with Gasteiger partial charge in [0.15, 0.2) is 0 Å². The summed E-state index contributed by atoms with van der Waals surface area (Å²) in [6.45, 7) is 1.81. The normalized spacial score (nSPS) is 13.4. The molecule has 96 valence electrons. The Balaban J connectivity index is 2.22. The molecule has 6 heteroatoms. The van der Waals surface area contributed by atoms with Gasteiger partial charge in [-0.3, -0.25) is 0 Å². The molecule has 1 aromatic heterocycles. The lowest BCUT2D eigenvalue weighted by Crippen LogP contribution is -2.26. The molecule has 0 fully saturated rings. The van der Waals surface area contributed by atoms with Crippen LogP contribution >= 0.6 is 11.3 Å². The van der Waals surface area contributed by atoms with Crippen LogP contribution in [0.3, 0.4) is 0 Å². The van der Waals surface area contributed by atoms with Crippen molar-refractivity contribution in [2.75, 3.05) is 5.73 Å². The smallest absolute Gasteiger partial charge is 0.241 e. The molecule has 0 saturated carbocycles. The van der Waals surface area contributed by atoms with Crippen molar-refractivity contribution in [1.29, 1.82) is 0 Å². The first-order valence-electron chi connectivity index (χ1n) is 5.39. The highest BCUT2D eigenvalue weighted by atomic mass is 32.2. The van der Waals surface area contributed by atoms with Gasteiger partial charge in [0.1, 0.15) is 0 Å². The Hall–Kier alpha value is -1.37. The van der Waals surface area contributed by atoms with Gasteiger partial charge in [-0.15, -0.1) is 0 Å². The number of thiophene rings is 1. The number of nitrogens with one attached hydrogen (secondary N) is 1. The molecule has 2 rings (SSSR count). The molecule has 4 nitrogen and oxygen atoms in total. The van der Waals surface area contributed by atoms with Crippen LogP contribution < -0.4 is 10.5 Å². The van der Waals surface area contributed by atoms with E-state index in [0.717, 1.165) is 5.56 Å². The summed E-state index contributed by atoms with van der Waals surface area (Å²) in [6.07, 6.45) is 0. The number of hydrogen-bond acceptors (Lipinski definition) is 4. The zero-order valence-corrected chi connectivity index (χ0v) is 11.5. The average molecular weight is 282 g/mol. The minimum absolute atomic E-state index is 0.185. The van der Waals surface area contributed by atoms with Gasteiger partial charge in [-0.1, -0.05) is 6.07 Å². The monoisotopic (exact) mass is 282 g/mol. The largest absolute Gasteiger partial charge is 0.399 e. The standard InChI is InChI=1S/C12H14N2O2S2/c1-9(10-5-6-17-8-10)14-18(15,16)12-4-2-3-11(13)7-12/h2-9,14H,13H2,1H3. The molecule has 0 amide bonds. The van der Waals surface area contributed by atoms with E-state index in [-0.39, 0.29) is 10.9 Å². The summed E-state index contributed by atoms with van der Waals surface area (Å²) in [4.78, 5) is 0.185. The number of anilines is 1. The van der Waals surface area contributed by atoms with Crippen LogP contribution in [0.4, 0.5) is 5.69 Å². The molecule has 0 aliphatic rings. The van der Waals surface area contributed by atoms with E-state index in [1.807, 2.05) is 23.8 Å². The number of benzene rings is 1. The van der Waals surface area contributed by atoms with Gasteiger partial charge in [0.2, 0.25) is 10.0 Å². The van der Waals surface area contributed by atoms with E-state index in [2.05, 4.69) is 4.72 Å². The maximum atomic E-state index is 12.1. The summed E-state index contributed by atoms with van der Waals surface area (Å²) >= 11 is 1.54. The van der Waals surface area contributed by atoms with Gasteiger partial charge in [0.25, 0.3) is 0 Å². The first-order valence-corrected chi connectivity index (χ1v) is 7.81. The summed E-state index contributed by atoms with van der Waals surface area (Å²) < 4.78 is 26.9. The summed E-state index contributed by atoms with van der Waals surface area (Å²) in [5.74, 6) is 0. The number of hydrogen-bond donors (Lipinski definition) is 2. The van der Waals surface area contributed by atoms with Gasteiger partial charge >= 0.3 is 0 Å². The van der Waals surface area contributed by atoms with E-state index in [9.17, 15) is 8.42 Å². The van der Waals surface area contributed by atoms with Crippen molar-refractivity contribution in [3.63, 3.8) is 0 Å². The zero-order valence-electron chi connectivity index (χ0n) is 9.83. The summed E-state index contributed by atoms with van der Waals surface area (Å²) in [5, 5.41) is 3.84. The zero-order chi connectivity index (χ0) is 13.2. The predicted octanol–water partition coefficient (Wildman–Crippen LogP) is 2.37. The molecule has 0 bridgehead atoms. The third-order valence-electron chi connectivity index (χ3n) is 2.54. The van der Waals surface area contributed by atoms with Crippen molar-refractivity contribution >= 4 is 27.0 Å². The topological polar surface area (TPSA) is 72.2 Å². The van der Waals surface area contributed by atoms with Crippen molar-refractivity contribution in [3.05, 3.63) is 46.7 Å². The van der Waals surface area contributed by atoms with Gasteiger partial charge in [-0.25, -0.2) is 13.1 Å². The second kappa shape index (κ2) is 5.09. The quantitative estimate of drug-likeness (QED) is 0.846. The van der Waals surface area contributed by atoms with Gasteiger partial charge in [-0.2, -0.15) is 11.3 Å². The molecule has 18 heavy (non-hydrogen) atoms. The second-order valence-corrected chi connectivity index (χ2v) is 6.47. The summed E-state index contributed by atoms with van der Waals surface area (Å²) in [7, 11) is -3.53. The summed E-state index contributed by atoms with van der Waals surface area (Å²) in [6, 6.07) is 7.89. The van der Waals surface area contributed by atoms with Crippen molar-refractivity contribution < 1.29 is 8.42 Å². The van der Waals surface area contributed by atoms with Crippen LogP contribution in [0.5, 0.6) is 0 Å². The third kappa shape index (κ3) is 2.90. The molecule has 1 unspecified atom stereocenters. The first-order chi connectivity index (χ1) is 8.49. The molecular formula is C12H14N2O2S2. The van der Waals surface area contributed by atoms with E-state index in [1.165, 1.54) is 23.5 Å². The minimum atomic E-state index is -3.53. The maximum Gasteiger partial charge on any atom is 0.241 e. The fourth-order valence-electron chi connectivity index (χ4n) is 1.57. The van der Waals surface area contributed by atoms with Crippen LogP contribution in [-0.4, -0.2) is 8.42 Å². The number of nitrogen functional groups attached to an aromatic ring is 1. The van der Waals surface area contributed by atoms with Crippen molar-refractivity contribution in [2.45, 2.75) is 17.9 Å². The van der Waals surface area contributed by atoms with Crippen LogP contribution in [0.2, 0.25) is 0 Å². The predicted molar refractivity (Wildman–Crippen MR) is 73.9 cm³/mol. The van der Waals surface area contributed by atoms with Gasteiger partial charge in [-0.05, 0) is 47.5 Å². The fraction of sp³-hybridized carbons (Fsp3) is 0.167. The van der Waals surface area contributed by atoms with E-state index in [1.54, 1.807) is 12.1 Å². The molecular weight excluding hydrogens is 268 g/mol. The van der Waals surface area contributed by atoms with Crippen LogP contribution in [0.1, 0.15) is 18.5 Å². The van der Waals surface area contributed by atoms with E-state index in [4.69, 9.17) is 5.73 Å². The number of nitrogens with two attached hydrogens (primary N) is 1. The molecule has 1 heterocycles. The lowest BCUT2D eigenvalue weighted by molar-refractivity contribution is 0.567. The Morgan fingerprint density at radius 1 is 1.33 bits per heavy atom. The lowest BCUT2D eigenvalue weighted by Gasteiger charge is -2.13. The molecule has 0 spiro atoms. The highest BCUT2D eigenvalue weighted by molar-refractivity contribution is 7.89. The molecule has 0 aliphatic heterocycles. The molecule has 0 radical (unpaired) electrons. The van der Waals surface area contributed by atoms with Crippen molar-refractivity contribution in [2.24, 2.45) is 0 Å². The van der Waals surface area contributed by atoms with Crippen LogP contribution in [0.25, 0.3) is 0 Å². The first kappa shape index (κ1) is 13.1. The summed E-state index contributed by atoms with van der Waals surface area (Å²) in [5.41, 5.74) is 6.97. The van der Waals surface area contributed by atoms with Crippen LogP contribution in [0.15, 0.2) is 46.0 Å². The Kier molecular flexibility index (Phi) is 3.70. The van der Waals surface area contributed by atoms with E-state index >= 15 is 0 Å². The highest BCUT2D eigenvalue weighted by Crippen LogP contribution is 2.19. The maximum absolute atomic E-state index is 12.1. The Labute approximate surface area is 111 Å². The molecule has 1 aromatic carbocycles. The van der Waals surface area contributed by atoms with Gasteiger partial charge in [0.05, 0.1) is 4.90 Å². The average Bonchev–Trinajstić information content (AvgIpc) is 2.82. The fourth-order valence-corrected chi connectivity index (χ4v) is 3.61. The minimum Gasteiger partial charge on any atom is -0.399 e. The van der Waals surface area contributed by atoms with Crippen LogP contribution in [-0.2, 0) is 10.0 Å². The molecule has 0 aliphatic carbocycles. The number of rotatable bonds is 4. The second-order valence-electron chi connectivity index (χ2n) is 3.97. The van der Waals surface area contributed by atoms with E-state index in [0.29, 0.717) is 5.69 Å². The van der Waals surface area contributed by atoms with Crippen molar-refractivity contribution in [3.8, 4) is 0 Å². The Morgan fingerprint density at radius 2 is 2.11 bits per heavy atom. The number of sulfonamides is 1.